The predicted octanol–water partition coefficient (Wildman–Crippen LogP) is 7.47. The van der Waals surface area contributed by atoms with Crippen LogP contribution in [0.5, 0.6) is 0 Å². The highest BCUT2D eigenvalue weighted by atomic mass is 35.6. The van der Waals surface area contributed by atoms with E-state index >= 15 is 0 Å². The number of alkyl halides is 3. The molecule has 1 aliphatic carbocycles. The van der Waals surface area contributed by atoms with Crippen molar-refractivity contribution in [3.63, 3.8) is 0 Å². The lowest BCUT2D eigenvalue weighted by molar-refractivity contribution is -0.137. The van der Waals surface area contributed by atoms with E-state index < -0.39 is 36.6 Å². The number of urea groups is 1. The summed E-state index contributed by atoms with van der Waals surface area (Å²) in [6.07, 6.45) is -2.90. The second kappa shape index (κ2) is 13.1. The number of allylic oxidation sites excluding steroid dienone is 1. The summed E-state index contributed by atoms with van der Waals surface area (Å²) in [5, 5.41) is 25.1. The number of amides is 2. The number of aliphatic hydroxyl groups excluding tert-OH is 1. The van der Waals surface area contributed by atoms with E-state index in [1.165, 1.54) is 24.3 Å². The molecule has 2 amide bonds. The van der Waals surface area contributed by atoms with Gasteiger partial charge in [0.05, 0.1) is 28.8 Å². The minimum atomic E-state index is -4.58. The van der Waals surface area contributed by atoms with Gasteiger partial charge in [-0.2, -0.15) is 29.5 Å². The van der Waals surface area contributed by atoms with Crippen molar-refractivity contribution in [1.82, 2.24) is 5.32 Å². The van der Waals surface area contributed by atoms with Crippen LogP contribution in [0.1, 0.15) is 48.4 Å². The highest BCUT2D eigenvalue weighted by Crippen LogP contribution is 2.46. The summed E-state index contributed by atoms with van der Waals surface area (Å²) in [6.45, 7) is 7.26. The number of nitrogens with zero attached hydrogens (tertiary/aromatic N) is 1. The van der Waals surface area contributed by atoms with Crippen LogP contribution in [0.3, 0.4) is 0 Å². The highest BCUT2D eigenvalue weighted by molar-refractivity contribution is 7.18. The molecule has 1 saturated heterocycles. The fourth-order valence-corrected chi connectivity index (χ4v) is 4.74. The first-order valence-electron chi connectivity index (χ1n) is 13.1. The molecule has 0 saturated carbocycles. The number of Topliss-reactive ketones (excluding diaryl/α,β-unsaturated/α-hetero) is 1. The van der Waals surface area contributed by atoms with Gasteiger partial charge in [-0.15, -0.1) is 0 Å². The van der Waals surface area contributed by atoms with Gasteiger partial charge in [0.1, 0.15) is 13.1 Å². The summed E-state index contributed by atoms with van der Waals surface area (Å²) in [4.78, 5) is 26.1. The number of ketones is 1. The third-order valence-corrected chi connectivity index (χ3v) is 6.63. The second-order valence-corrected chi connectivity index (χ2v) is 18.7. The van der Waals surface area contributed by atoms with E-state index in [1.807, 2.05) is 6.07 Å². The van der Waals surface area contributed by atoms with E-state index in [0.717, 1.165) is 12.1 Å². The third-order valence-electron chi connectivity index (χ3n) is 6.63. The maximum absolute atomic E-state index is 13.3. The van der Waals surface area contributed by atoms with E-state index in [9.17, 15) is 27.9 Å². The fraction of sp³-hybridized carbons (Fsp3) is 0.414. The van der Waals surface area contributed by atoms with Crippen LogP contribution in [-0.2, 0) is 15.7 Å². The van der Waals surface area contributed by atoms with Crippen molar-refractivity contribution in [2.24, 2.45) is 5.41 Å². The molecule has 2 aliphatic rings. The van der Waals surface area contributed by atoms with Crippen LogP contribution in [0.25, 0.3) is 0 Å². The Balaban J connectivity index is 0.000000850. The lowest BCUT2D eigenvalue weighted by Crippen LogP contribution is -2.41. The first-order valence-corrected chi connectivity index (χ1v) is 17.6. The van der Waals surface area contributed by atoms with Crippen molar-refractivity contribution in [3.05, 3.63) is 76.6 Å². The minimum absolute atomic E-state index is 0.0241. The largest absolute Gasteiger partial charge is 0.512 e. The van der Waals surface area contributed by atoms with Gasteiger partial charge in [-0.25, -0.2) is 4.79 Å². The summed E-state index contributed by atoms with van der Waals surface area (Å²) in [5.41, 5.74) is -0.593. The fourth-order valence-electron chi connectivity index (χ4n) is 4.74. The van der Waals surface area contributed by atoms with Crippen LogP contribution in [0, 0.1) is 16.7 Å². The SMILES string of the molecule is C[Si](C)(C)Cl.N#Cc1ccc(C(NC(=O)Nc2cccc(C(F)(F)F)c2)C2=C(O)CC3(CCOCC3)CC2=O)cc1. The zero-order chi connectivity index (χ0) is 30.4. The Kier molecular flexibility index (Phi) is 10.3. The lowest BCUT2D eigenvalue weighted by atomic mass is 9.67. The Labute approximate surface area is 243 Å². The smallest absolute Gasteiger partial charge is 0.416 e. The quantitative estimate of drug-likeness (QED) is 0.247. The Hall–Kier alpha value is -3.33. The molecule has 1 unspecified atom stereocenters. The molecule has 41 heavy (non-hydrogen) atoms. The predicted molar refractivity (Wildman–Crippen MR) is 153 cm³/mol. The number of hydrogen-bond donors (Lipinski definition) is 3. The van der Waals surface area contributed by atoms with Crippen molar-refractivity contribution < 1.29 is 32.6 Å². The zero-order valence-corrected chi connectivity index (χ0v) is 24.8. The van der Waals surface area contributed by atoms with E-state index in [0.29, 0.717) is 37.2 Å². The average Bonchev–Trinajstić information content (AvgIpc) is 2.87. The van der Waals surface area contributed by atoms with E-state index in [-0.39, 0.29) is 35.6 Å². The normalized spacial score (nSPS) is 17.7. The van der Waals surface area contributed by atoms with Gasteiger partial charge < -0.3 is 20.5 Å². The van der Waals surface area contributed by atoms with Crippen LogP contribution in [0.4, 0.5) is 23.7 Å². The lowest BCUT2D eigenvalue weighted by Gasteiger charge is -2.40. The number of hydrogen-bond acceptors (Lipinski definition) is 5. The zero-order valence-electron chi connectivity index (χ0n) is 23.1. The molecule has 1 spiro atoms. The number of nitrogens with one attached hydrogen (secondary N) is 2. The summed E-state index contributed by atoms with van der Waals surface area (Å²) >= 11 is 5.67. The molecule has 2 aromatic rings. The van der Waals surface area contributed by atoms with E-state index in [2.05, 4.69) is 30.3 Å². The topological polar surface area (TPSA) is 111 Å². The Morgan fingerprint density at radius 2 is 1.73 bits per heavy atom. The number of nitriles is 1. The van der Waals surface area contributed by atoms with Crippen molar-refractivity contribution in [1.29, 1.82) is 5.26 Å². The molecule has 7 nitrogen and oxygen atoms in total. The van der Waals surface area contributed by atoms with Gasteiger partial charge in [0.15, 0.2) is 5.78 Å². The molecule has 12 heteroatoms. The Bertz CT molecular complexity index is 1320. The number of anilines is 1. The maximum atomic E-state index is 13.3. The van der Waals surface area contributed by atoms with Gasteiger partial charge in [-0.3, -0.25) is 4.79 Å². The van der Waals surface area contributed by atoms with Crippen LogP contribution in [0.2, 0.25) is 19.6 Å². The number of rotatable bonds is 4. The number of carbonyl (C=O) groups is 2. The molecule has 4 rings (SSSR count). The number of halogens is 4. The van der Waals surface area contributed by atoms with Gasteiger partial charge in [-0.05, 0) is 54.2 Å². The van der Waals surface area contributed by atoms with Crippen LogP contribution >= 0.6 is 11.1 Å². The molecule has 220 valence electrons. The summed E-state index contributed by atoms with van der Waals surface area (Å²) in [6, 6.07) is 10.4. The van der Waals surface area contributed by atoms with Crippen molar-refractivity contribution in [3.8, 4) is 6.07 Å². The van der Waals surface area contributed by atoms with Gasteiger partial charge >= 0.3 is 12.2 Å². The monoisotopic (exact) mass is 607 g/mol. The standard InChI is InChI=1S/C26H24F3N3O4.C3H9ClSi/c27-26(28,29)18-2-1-3-19(12-18)31-24(35)32-23(17-6-4-16(15-30)5-7-17)22-20(33)13-25(14-21(22)34)8-10-36-11-9-25;1-5(2,3)4/h1-7,12,23,33H,8-11,13-14H2,(H2,31,32,35);1-3H3. The summed E-state index contributed by atoms with van der Waals surface area (Å²) in [7, 11) is -1.14. The first-order chi connectivity index (χ1) is 19.1. The molecule has 1 fully saturated rings. The molecule has 2 aromatic carbocycles. The first kappa shape index (κ1) is 32.2. The number of carbonyl (C=O) groups excluding carboxylic acids is 2. The molecule has 1 atom stereocenters. The second-order valence-electron chi connectivity index (χ2n) is 11.2. The van der Waals surface area contributed by atoms with Crippen molar-refractivity contribution in [2.75, 3.05) is 18.5 Å². The number of aliphatic hydroxyl groups is 1. The van der Waals surface area contributed by atoms with E-state index in [1.54, 1.807) is 12.1 Å². The molecule has 1 aliphatic heterocycles. The average molecular weight is 608 g/mol. The van der Waals surface area contributed by atoms with Crippen molar-refractivity contribution in [2.45, 2.75) is 57.5 Å². The highest BCUT2D eigenvalue weighted by Gasteiger charge is 2.43. The Morgan fingerprint density at radius 3 is 2.27 bits per heavy atom. The Morgan fingerprint density at radius 1 is 1.12 bits per heavy atom. The number of ether oxygens (including phenoxy) is 1. The van der Waals surface area contributed by atoms with Crippen LogP contribution < -0.4 is 10.6 Å². The van der Waals surface area contributed by atoms with Crippen LogP contribution in [-0.4, -0.2) is 37.5 Å². The molecule has 0 aromatic heterocycles. The summed E-state index contributed by atoms with van der Waals surface area (Å²) < 4.78 is 44.5. The molecular weight excluding hydrogens is 575 g/mol. The molecule has 1 heterocycles. The van der Waals surface area contributed by atoms with Crippen LogP contribution in [0.15, 0.2) is 59.9 Å². The summed E-state index contributed by atoms with van der Waals surface area (Å²) in [5.74, 6) is -0.462. The molecule has 0 bridgehead atoms. The molecule has 0 radical (unpaired) electrons. The molecular formula is C29H33ClF3N3O4Si. The third kappa shape index (κ3) is 9.35. The van der Waals surface area contributed by atoms with Gasteiger partial charge in [-0.1, -0.05) is 37.8 Å². The minimum Gasteiger partial charge on any atom is -0.512 e. The van der Waals surface area contributed by atoms with Gasteiger partial charge in [0.2, 0.25) is 0 Å². The molecule has 3 N–H and O–H groups in total. The van der Waals surface area contributed by atoms with E-state index in [4.69, 9.17) is 21.1 Å². The van der Waals surface area contributed by atoms with Crippen molar-refractivity contribution >= 4 is 36.0 Å². The van der Waals surface area contributed by atoms with Gasteiger partial charge in [0.25, 0.3) is 0 Å². The maximum Gasteiger partial charge on any atom is 0.416 e. The number of benzene rings is 2. The van der Waals surface area contributed by atoms with Gasteiger partial charge in [0, 0.05) is 31.7 Å².